The number of rotatable bonds is 2. The summed E-state index contributed by atoms with van der Waals surface area (Å²) >= 11 is 0. The molecule has 0 unspecified atom stereocenters. The van der Waals surface area contributed by atoms with Crippen LogP contribution in [0.3, 0.4) is 0 Å². The minimum absolute atomic E-state index is 0.638. The van der Waals surface area contributed by atoms with Gasteiger partial charge in [-0.25, -0.2) is 0 Å². The lowest BCUT2D eigenvalue weighted by Gasteiger charge is -2.46. The number of hydrogen-bond acceptors (Lipinski definition) is 3. The SMILES string of the molecule is CN1CCN(C2CN(C=O)C2)CC1. The van der Waals surface area contributed by atoms with Crippen molar-refractivity contribution in [2.24, 2.45) is 0 Å². The highest BCUT2D eigenvalue weighted by molar-refractivity contribution is 5.49. The van der Waals surface area contributed by atoms with E-state index in [0.29, 0.717) is 6.04 Å². The molecule has 0 radical (unpaired) electrons. The first-order chi connectivity index (χ1) is 6.29. The number of hydrogen-bond donors (Lipinski definition) is 0. The van der Waals surface area contributed by atoms with Crippen molar-refractivity contribution in [1.82, 2.24) is 14.7 Å². The van der Waals surface area contributed by atoms with E-state index < -0.39 is 0 Å². The van der Waals surface area contributed by atoms with Gasteiger partial charge in [-0.2, -0.15) is 0 Å². The lowest BCUT2D eigenvalue weighted by atomic mass is 10.1. The number of carbonyl (C=O) groups is 1. The first-order valence-electron chi connectivity index (χ1n) is 4.91. The number of likely N-dealkylation sites (N-methyl/N-ethyl adjacent to an activating group) is 1. The number of likely N-dealkylation sites (tertiary alicyclic amines) is 1. The lowest BCUT2D eigenvalue weighted by molar-refractivity contribution is -0.125. The quantitative estimate of drug-likeness (QED) is 0.518. The molecule has 0 spiro atoms. The number of piperazine rings is 1. The number of carbonyl (C=O) groups excluding carboxylic acids is 1. The highest BCUT2D eigenvalue weighted by Crippen LogP contribution is 2.14. The van der Waals surface area contributed by atoms with Gasteiger partial charge in [-0.1, -0.05) is 0 Å². The van der Waals surface area contributed by atoms with Crippen LogP contribution in [-0.4, -0.2) is 73.5 Å². The third-order valence-corrected chi connectivity index (χ3v) is 3.09. The fourth-order valence-electron chi connectivity index (χ4n) is 1.99. The molecule has 4 heteroatoms. The van der Waals surface area contributed by atoms with Gasteiger partial charge in [-0.05, 0) is 7.05 Å². The summed E-state index contributed by atoms with van der Waals surface area (Å²) in [4.78, 5) is 17.1. The maximum Gasteiger partial charge on any atom is 0.209 e. The second-order valence-electron chi connectivity index (χ2n) is 4.05. The van der Waals surface area contributed by atoms with Crippen molar-refractivity contribution in [1.29, 1.82) is 0 Å². The van der Waals surface area contributed by atoms with Gasteiger partial charge in [0.05, 0.1) is 0 Å². The van der Waals surface area contributed by atoms with Crippen LogP contribution in [0, 0.1) is 0 Å². The predicted molar refractivity (Wildman–Crippen MR) is 50.5 cm³/mol. The molecule has 1 amide bonds. The predicted octanol–water partition coefficient (Wildman–Crippen LogP) is -0.926. The molecule has 74 valence electrons. The van der Waals surface area contributed by atoms with Crippen LogP contribution in [0.4, 0.5) is 0 Å². The van der Waals surface area contributed by atoms with E-state index >= 15 is 0 Å². The molecule has 2 saturated heterocycles. The van der Waals surface area contributed by atoms with E-state index in [0.717, 1.165) is 45.7 Å². The molecule has 2 fully saturated rings. The van der Waals surface area contributed by atoms with Crippen LogP contribution < -0.4 is 0 Å². The molecule has 0 saturated carbocycles. The highest BCUT2D eigenvalue weighted by Gasteiger charge is 2.31. The van der Waals surface area contributed by atoms with Crippen LogP contribution >= 0.6 is 0 Å². The van der Waals surface area contributed by atoms with E-state index in [4.69, 9.17) is 0 Å². The fraction of sp³-hybridized carbons (Fsp3) is 0.889. The molecule has 0 bridgehead atoms. The summed E-state index contributed by atoms with van der Waals surface area (Å²) in [6, 6.07) is 0.638. The van der Waals surface area contributed by atoms with Gasteiger partial charge < -0.3 is 9.80 Å². The number of amides is 1. The van der Waals surface area contributed by atoms with Crippen LogP contribution in [-0.2, 0) is 4.79 Å². The lowest BCUT2D eigenvalue weighted by Crippen LogP contribution is -2.62. The van der Waals surface area contributed by atoms with Gasteiger partial charge >= 0.3 is 0 Å². The molecule has 2 heterocycles. The van der Waals surface area contributed by atoms with E-state index in [1.807, 2.05) is 4.90 Å². The van der Waals surface area contributed by atoms with Crippen LogP contribution in [0.2, 0.25) is 0 Å². The van der Waals surface area contributed by atoms with E-state index in [9.17, 15) is 4.79 Å². The molecule has 2 aliphatic heterocycles. The van der Waals surface area contributed by atoms with Crippen LogP contribution in [0.15, 0.2) is 0 Å². The molecule has 4 nitrogen and oxygen atoms in total. The van der Waals surface area contributed by atoms with Gasteiger partial charge in [-0.15, -0.1) is 0 Å². The Kier molecular flexibility index (Phi) is 2.51. The molecule has 2 aliphatic rings. The largest absolute Gasteiger partial charge is 0.342 e. The molecule has 13 heavy (non-hydrogen) atoms. The maximum absolute atomic E-state index is 10.4. The molecule has 0 atom stereocenters. The fourth-order valence-corrected chi connectivity index (χ4v) is 1.99. The summed E-state index contributed by atoms with van der Waals surface area (Å²) in [7, 11) is 2.16. The highest BCUT2D eigenvalue weighted by atomic mass is 16.1. The molecular formula is C9H17N3O. The molecule has 0 aromatic heterocycles. The van der Waals surface area contributed by atoms with E-state index in [1.165, 1.54) is 0 Å². The summed E-state index contributed by atoms with van der Waals surface area (Å²) < 4.78 is 0. The summed E-state index contributed by atoms with van der Waals surface area (Å²) in [6.07, 6.45) is 0.951. The molecular weight excluding hydrogens is 166 g/mol. The zero-order chi connectivity index (χ0) is 9.26. The summed E-state index contributed by atoms with van der Waals surface area (Å²) in [5, 5.41) is 0. The second kappa shape index (κ2) is 3.64. The van der Waals surface area contributed by atoms with Crippen LogP contribution in [0.5, 0.6) is 0 Å². The third-order valence-electron chi connectivity index (χ3n) is 3.09. The number of nitrogens with zero attached hydrogens (tertiary/aromatic N) is 3. The Morgan fingerprint density at radius 2 is 1.77 bits per heavy atom. The maximum atomic E-state index is 10.4. The minimum Gasteiger partial charge on any atom is -0.342 e. The molecule has 0 aliphatic carbocycles. The van der Waals surface area contributed by atoms with E-state index in [2.05, 4.69) is 16.8 Å². The Morgan fingerprint density at radius 3 is 2.31 bits per heavy atom. The average molecular weight is 183 g/mol. The van der Waals surface area contributed by atoms with E-state index in [-0.39, 0.29) is 0 Å². The first-order valence-corrected chi connectivity index (χ1v) is 4.91. The van der Waals surface area contributed by atoms with Gasteiger partial charge in [0, 0.05) is 45.3 Å². The zero-order valence-corrected chi connectivity index (χ0v) is 8.15. The standard InChI is InChI=1S/C9H17N3O/c1-10-2-4-12(5-3-10)9-6-11(7-9)8-13/h8-9H,2-7H2,1H3. The zero-order valence-electron chi connectivity index (χ0n) is 8.15. The third kappa shape index (κ3) is 1.84. The summed E-state index contributed by atoms with van der Waals surface area (Å²) in [6.45, 7) is 6.53. The van der Waals surface area contributed by atoms with E-state index in [1.54, 1.807) is 0 Å². The Hall–Kier alpha value is -0.610. The van der Waals surface area contributed by atoms with Gasteiger partial charge in [0.25, 0.3) is 0 Å². The normalized spacial score (nSPS) is 27.3. The molecule has 0 aromatic rings. The molecule has 2 rings (SSSR count). The van der Waals surface area contributed by atoms with Gasteiger partial charge in [-0.3, -0.25) is 9.69 Å². The monoisotopic (exact) mass is 183 g/mol. The summed E-state index contributed by atoms with van der Waals surface area (Å²) in [5.74, 6) is 0. The van der Waals surface area contributed by atoms with Gasteiger partial charge in [0.1, 0.15) is 0 Å². The van der Waals surface area contributed by atoms with Crippen molar-refractivity contribution in [3.63, 3.8) is 0 Å². The van der Waals surface area contributed by atoms with Crippen molar-refractivity contribution in [2.75, 3.05) is 46.3 Å². The first kappa shape index (κ1) is 8.97. The molecule has 0 N–H and O–H groups in total. The van der Waals surface area contributed by atoms with Gasteiger partial charge in [0.15, 0.2) is 0 Å². The topological polar surface area (TPSA) is 26.8 Å². The summed E-state index contributed by atoms with van der Waals surface area (Å²) in [5.41, 5.74) is 0. The molecule has 0 aromatic carbocycles. The Bertz CT molecular complexity index is 183. The van der Waals surface area contributed by atoms with Crippen molar-refractivity contribution in [2.45, 2.75) is 6.04 Å². The Balaban J connectivity index is 1.74. The average Bonchev–Trinajstić information content (AvgIpc) is 2.06. The van der Waals surface area contributed by atoms with Crippen LogP contribution in [0.1, 0.15) is 0 Å². The smallest absolute Gasteiger partial charge is 0.209 e. The van der Waals surface area contributed by atoms with Gasteiger partial charge in [0.2, 0.25) is 6.41 Å². The Morgan fingerprint density at radius 1 is 1.15 bits per heavy atom. The Labute approximate surface area is 79.1 Å². The second-order valence-corrected chi connectivity index (χ2v) is 4.05. The van der Waals surface area contributed by atoms with Crippen LogP contribution in [0.25, 0.3) is 0 Å². The van der Waals surface area contributed by atoms with Crippen molar-refractivity contribution in [3.05, 3.63) is 0 Å². The van der Waals surface area contributed by atoms with Crippen molar-refractivity contribution < 1.29 is 4.79 Å². The van der Waals surface area contributed by atoms with Crippen molar-refractivity contribution >= 4 is 6.41 Å². The minimum atomic E-state index is 0.638. The van der Waals surface area contributed by atoms with Crippen molar-refractivity contribution in [3.8, 4) is 0 Å².